The van der Waals surface area contributed by atoms with E-state index in [9.17, 15) is 4.79 Å². The number of thiazole rings is 2. The van der Waals surface area contributed by atoms with Crippen molar-refractivity contribution in [1.29, 1.82) is 0 Å². The van der Waals surface area contributed by atoms with E-state index in [-0.39, 0.29) is 5.91 Å². The lowest BCUT2D eigenvalue weighted by molar-refractivity contribution is 0.0984. The van der Waals surface area contributed by atoms with E-state index in [1.54, 1.807) is 11.1 Å². The summed E-state index contributed by atoms with van der Waals surface area (Å²) in [4.78, 5) is 28.9. The molecule has 5 rings (SSSR count). The highest BCUT2D eigenvalue weighted by Gasteiger charge is 2.25. The Kier molecular flexibility index (Phi) is 4.94. The first-order valence-electron chi connectivity index (χ1n) is 9.23. The van der Waals surface area contributed by atoms with E-state index in [0.717, 1.165) is 31.7 Å². The van der Waals surface area contributed by atoms with Crippen LogP contribution in [0.1, 0.15) is 21.1 Å². The van der Waals surface area contributed by atoms with Crippen LogP contribution in [0.15, 0.2) is 60.8 Å². The zero-order valence-electron chi connectivity index (χ0n) is 15.9. The second-order valence-electron chi connectivity index (χ2n) is 6.74. The number of fused-ring (bicyclic) bond motifs is 2. The number of anilines is 1. The van der Waals surface area contributed by atoms with Gasteiger partial charge >= 0.3 is 0 Å². The van der Waals surface area contributed by atoms with Crippen LogP contribution < -0.4 is 4.90 Å². The molecule has 5 aromatic rings. The molecule has 3 heterocycles. The van der Waals surface area contributed by atoms with Crippen LogP contribution in [-0.2, 0) is 6.54 Å². The Balaban J connectivity index is 1.62. The molecule has 0 N–H and O–H groups in total. The van der Waals surface area contributed by atoms with E-state index in [1.807, 2.05) is 61.5 Å². The van der Waals surface area contributed by atoms with E-state index in [4.69, 9.17) is 16.6 Å². The summed E-state index contributed by atoms with van der Waals surface area (Å²) in [5.74, 6) is -0.199. The summed E-state index contributed by atoms with van der Waals surface area (Å²) in [6.45, 7) is 2.28. The van der Waals surface area contributed by atoms with Gasteiger partial charge < -0.3 is 0 Å². The topological polar surface area (TPSA) is 59.0 Å². The maximum Gasteiger partial charge on any atom is 0.289 e. The highest BCUT2D eigenvalue weighted by molar-refractivity contribution is 7.23. The second-order valence-corrected chi connectivity index (χ2v) is 9.15. The fourth-order valence-corrected chi connectivity index (χ4v) is 5.39. The second kappa shape index (κ2) is 7.75. The summed E-state index contributed by atoms with van der Waals surface area (Å²) < 4.78 is 1.84. The van der Waals surface area contributed by atoms with Gasteiger partial charge in [0, 0.05) is 6.20 Å². The molecule has 2 aromatic carbocycles. The number of rotatable bonds is 4. The predicted molar refractivity (Wildman–Crippen MR) is 124 cm³/mol. The largest absolute Gasteiger partial charge is 0.289 e. The van der Waals surface area contributed by atoms with Crippen molar-refractivity contribution in [2.75, 3.05) is 4.90 Å². The van der Waals surface area contributed by atoms with Crippen LogP contribution in [0.25, 0.3) is 20.4 Å². The van der Waals surface area contributed by atoms with Gasteiger partial charge in [-0.3, -0.25) is 14.7 Å². The number of nitrogens with zero attached hydrogens (tertiary/aromatic N) is 4. The summed E-state index contributed by atoms with van der Waals surface area (Å²) in [5.41, 5.74) is 3.41. The van der Waals surface area contributed by atoms with E-state index in [1.165, 1.54) is 22.7 Å². The molecule has 0 aliphatic carbocycles. The number of hydrogen-bond donors (Lipinski definition) is 0. The van der Waals surface area contributed by atoms with E-state index >= 15 is 0 Å². The van der Waals surface area contributed by atoms with Gasteiger partial charge in [0.15, 0.2) is 10.1 Å². The van der Waals surface area contributed by atoms with Gasteiger partial charge in [0.05, 0.1) is 37.7 Å². The number of aromatic nitrogens is 3. The van der Waals surface area contributed by atoms with Crippen molar-refractivity contribution in [2.24, 2.45) is 0 Å². The molecule has 0 saturated heterocycles. The number of amides is 1. The molecule has 0 unspecified atom stereocenters. The number of benzene rings is 2. The molecular formula is C22H15ClN4OS2. The number of para-hydroxylation sites is 1. The average Bonchev–Trinajstić information content (AvgIpc) is 3.40. The minimum absolute atomic E-state index is 0.199. The monoisotopic (exact) mass is 450 g/mol. The number of carbonyl (C=O) groups excluding carboxylic acids is 1. The Bertz CT molecular complexity index is 1310. The number of aryl methyl sites for hydroxylation is 1. The van der Waals surface area contributed by atoms with Gasteiger partial charge in [0.2, 0.25) is 0 Å². The maximum absolute atomic E-state index is 13.5. The number of hydrogen-bond acceptors (Lipinski definition) is 6. The molecule has 3 aromatic heterocycles. The zero-order valence-corrected chi connectivity index (χ0v) is 18.3. The summed E-state index contributed by atoms with van der Waals surface area (Å²) in [6.07, 6.45) is 1.72. The third-order valence-corrected chi connectivity index (χ3v) is 7.25. The summed E-state index contributed by atoms with van der Waals surface area (Å²) in [7, 11) is 0. The quantitative estimate of drug-likeness (QED) is 0.331. The molecule has 1 amide bonds. The number of pyridine rings is 1. The van der Waals surface area contributed by atoms with Crippen molar-refractivity contribution in [3.8, 4) is 0 Å². The van der Waals surface area contributed by atoms with Gasteiger partial charge in [-0.2, -0.15) is 0 Å². The van der Waals surface area contributed by atoms with E-state index < -0.39 is 0 Å². The highest BCUT2D eigenvalue weighted by Crippen LogP contribution is 2.37. The summed E-state index contributed by atoms with van der Waals surface area (Å²) in [5, 5.41) is 1.63. The lowest BCUT2D eigenvalue weighted by Crippen LogP contribution is -2.30. The van der Waals surface area contributed by atoms with Crippen molar-refractivity contribution in [2.45, 2.75) is 13.5 Å². The van der Waals surface area contributed by atoms with Crippen LogP contribution >= 0.6 is 34.3 Å². The van der Waals surface area contributed by atoms with Gasteiger partial charge in [-0.1, -0.05) is 47.2 Å². The van der Waals surface area contributed by atoms with Crippen LogP contribution in [0.5, 0.6) is 0 Å². The third-order valence-electron chi connectivity index (χ3n) is 4.69. The first kappa shape index (κ1) is 19.1. The van der Waals surface area contributed by atoms with Crippen LogP contribution in [0.4, 0.5) is 5.13 Å². The smallest absolute Gasteiger partial charge is 0.276 e. The van der Waals surface area contributed by atoms with Gasteiger partial charge in [0.1, 0.15) is 0 Å². The fourth-order valence-electron chi connectivity index (χ4n) is 3.17. The Labute approximate surface area is 185 Å². The Morgan fingerprint density at radius 1 is 1.03 bits per heavy atom. The highest BCUT2D eigenvalue weighted by atomic mass is 35.5. The first-order chi connectivity index (χ1) is 14.6. The molecule has 0 aliphatic heterocycles. The molecule has 0 fully saturated rings. The van der Waals surface area contributed by atoms with Crippen molar-refractivity contribution in [3.05, 3.63) is 82.1 Å². The number of halogens is 1. The maximum atomic E-state index is 13.5. The molecule has 148 valence electrons. The van der Waals surface area contributed by atoms with Crippen LogP contribution in [0.2, 0.25) is 5.02 Å². The minimum atomic E-state index is -0.199. The zero-order chi connectivity index (χ0) is 20.7. The van der Waals surface area contributed by atoms with Crippen LogP contribution in [-0.4, -0.2) is 20.9 Å². The first-order valence-corrected chi connectivity index (χ1v) is 11.2. The third kappa shape index (κ3) is 3.45. The van der Waals surface area contributed by atoms with Crippen LogP contribution in [0.3, 0.4) is 0 Å². The molecule has 30 heavy (non-hydrogen) atoms. The molecule has 0 radical (unpaired) electrons. The van der Waals surface area contributed by atoms with Crippen molar-refractivity contribution >= 4 is 65.7 Å². The summed E-state index contributed by atoms with van der Waals surface area (Å²) >= 11 is 9.19. The Morgan fingerprint density at radius 2 is 1.87 bits per heavy atom. The van der Waals surface area contributed by atoms with Crippen molar-refractivity contribution < 1.29 is 4.79 Å². The standard InChI is InChI=1S/C22H15ClN4OS2/c1-13-9-10-15(23)19-18(13)26-22(30-19)27(12-14-6-4-5-11-24-14)21(28)20-25-16-7-2-3-8-17(16)29-20/h2-11H,12H2,1H3. The van der Waals surface area contributed by atoms with Gasteiger partial charge in [0.25, 0.3) is 5.91 Å². The van der Waals surface area contributed by atoms with E-state index in [0.29, 0.717) is 21.7 Å². The van der Waals surface area contributed by atoms with Crippen molar-refractivity contribution in [3.63, 3.8) is 0 Å². The summed E-state index contributed by atoms with van der Waals surface area (Å²) in [6, 6.07) is 17.2. The molecular weight excluding hydrogens is 436 g/mol. The lowest BCUT2D eigenvalue weighted by atomic mass is 10.2. The molecule has 0 spiro atoms. The SMILES string of the molecule is Cc1ccc(Cl)c2sc(N(Cc3ccccn3)C(=O)c3nc4ccccc4s3)nc12. The molecule has 8 heteroatoms. The molecule has 5 nitrogen and oxygen atoms in total. The molecule has 0 aliphatic rings. The molecule has 0 saturated carbocycles. The predicted octanol–water partition coefficient (Wildman–Crippen LogP) is 6.11. The normalized spacial score (nSPS) is 11.3. The van der Waals surface area contributed by atoms with Crippen molar-refractivity contribution in [1.82, 2.24) is 15.0 Å². The molecule has 0 atom stereocenters. The van der Waals surface area contributed by atoms with Gasteiger partial charge in [-0.15, -0.1) is 11.3 Å². The average molecular weight is 451 g/mol. The Morgan fingerprint density at radius 3 is 2.63 bits per heavy atom. The Hall–Kier alpha value is -2.87. The number of carbonyl (C=O) groups is 1. The molecule has 0 bridgehead atoms. The fraction of sp³-hybridized carbons (Fsp3) is 0.0909. The van der Waals surface area contributed by atoms with Crippen LogP contribution in [0, 0.1) is 6.92 Å². The minimum Gasteiger partial charge on any atom is -0.276 e. The van der Waals surface area contributed by atoms with Gasteiger partial charge in [-0.25, -0.2) is 9.97 Å². The van der Waals surface area contributed by atoms with Gasteiger partial charge in [-0.05, 0) is 42.8 Å². The lowest BCUT2D eigenvalue weighted by Gasteiger charge is -2.18. The van der Waals surface area contributed by atoms with E-state index in [2.05, 4.69) is 9.97 Å².